The van der Waals surface area contributed by atoms with E-state index in [2.05, 4.69) is 10.4 Å². The molecule has 0 fully saturated rings. The summed E-state index contributed by atoms with van der Waals surface area (Å²) in [4.78, 5) is 17.3. The summed E-state index contributed by atoms with van der Waals surface area (Å²) in [6, 6.07) is 11.2. The Morgan fingerprint density at radius 3 is 2.83 bits per heavy atom. The maximum absolute atomic E-state index is 12.9. The molecule has 4 heteroatoms. The van der Waals surface area contributed by atoms with Crippen molar-refractivity contribution in [2.45, 2.75) is 13.3 Å². The van der Waals surface area contributed by atoms with Gasteiger partial charge < -0.3 is 5.73 Å². The highest BCUT2D eigenvalue weighted by Crippen LogP contribution is 2.18. The molecule has 0 amide bonds. The fourth-order valence-corrected chi connectivity index (χ4v) is 3.22. The van der Waals surface area contributed by atoms with Crippen LogP contribution in [0.1, 0.15) is 12.5 Å². The van der Waals surface area contributed by atoms with Crippen LogP contribution in [0.2, 0.25) is 0 Å². The van der Waals surface area contributed by atoms with Crippen molar-refractivity contribution in [2.75, 3.05) is 11.5 Å². The van der Waals surface area contributed by atoms with Crippen LogP contribution in [0.5, 0.6) is 0 Å². The van der Waals surface area contributed by atoms with E-state index >= 15 is 0 Å². The van der Waals surface area contributed by atoms with Crippen molar-refractivity contribution >= 4 is 39.1 Å². The first-order valence-electron chi connectivity index (χ1n) is 7.53. The maximum atomic E-state index is 12.9. The first-order chi connectivity index (χ1) is 11.2. The first kappa shape index (κ1) is 15.6. The topological polar surface area (TPSA) is 56.0 Å². The largest absolute Gasteiger partial charge is 0.399 e. The van der Waals surface area contributed by atoms with Crippen LogP contribution in [0.3, 0.4) is 0 Å². The molecule has 3 rings (SSSR count). The molecule has 0 saturated heterocycles. The Bertz CT molecular complexity index is 951. The second kappa shape index (κ2) is 6.84. The normalized spacial score (nSPS) is 11.5. The molecule has 1 heterocycles. The molecule has 2 aromatic carbocycles. The van der Waals surface area contributed by atoms with Crippen molar-refractivity contribution in [1.29, 1.82) is 0 Å². The van der Waals surface area contributed by atoms with Crippen LogP contribution >= 0.6 is 11.8 Å². The van der Waals surface area contributed by atoms with Crippen LogP contribution in [-0.2, 0) is 6.42 Å². The van der Waals surface area contributed by atoms with Crippen LogP contribution < -0.4 is 11.2 Å². The number of aryl methyl sites for hydroxylation is 1. The summed E-state index contributed by atoms with van der Waals surface area (Å²) < 4.78 is 0. The van der Waals surface area contributed by atoms with Crippen molar-refractivity contribution in [3.8, 4) is 0 Å². The lowest BCUT2D eigenvalue weighted by molar-refractivity contribution is 1.14. The minimum absolute atomic E-state index is 0.0113. The summed E-state index contributed by atoms with van der Waals surface area (Å²) in [6.07, 6.45) is 4.77. The monoisotopic (exact) mass is 322 g/mol. The maximum Gasteiger partial charge on any atom is 0.195 e. The van der Waals surface area contributed by atoms with E-state index in [1.807, 2.05) is 49.5 Å². The van der Waals surface area contributed by atoms with Gasteiger partial charge in [0.25, 0.3) is 0 Å². The minimum atomic E-state index is -0.0113. The van der Waals surface area contributed by atoms with Crippen LogP contribution in [0.4, 0.5) is 5.69 Å². The Morgan fingerprint density at radius 1 is 1.17 bits per heavy atom. The number of nitrogens with two attached hydrogens (primary N) is 1. The molecule has 2 N–H and O–H groups in total. The van der Waals surface area contributed by atoms with Gasteiger partial charge in [-0.15, -0.1) is 11.8 Å². The van der Waals surface area contributed by atoms with E-state index in [1.165, 1.54) is 0 Å². The van der Waals surface area contributed by atoms with E-state index in [1.54, 1.807) is 17.8 Å². The molecule has 1 aromatic heterocycles. The summed E-state index contributed by atoms with van der Waals surface area (Å²) in [5.74, 6) is 0.971. The molecule has 0 aliphatic rings. The molecule has 0 bridgehead atoms. The number of pyridine rings is 1. The number of anilines is 1. The second-order valence-corrected chi connectivity index (χ2v) is 6.39. The van der Waals surface area contributed by atoms with Gasteiger partial charge in [-0.1, -0.05) is 18.2 Å². The van der Waals surface area contributed by atoms with E-state index in [4.69, 9.17) is 5.73 Å². The average Bonchev–Trinajstić information content (AvgIpc) is 2.69. The highest BCUT2D eigenvalue weighted by molar-refractivity contribution is 8.02. The lowest BCUT2D eigenvalue weighted by Crippen LogP contribution is -2.01. The van der Waals surface area contributed by atoms with Crippen molar-refractivity contribution in [3.63, 3.8) is 0 Å². The quantitative estimate of drug-likeness (QED) is 0.579. The van der Waals surface area contributed by atoms with Gasteiger partial charge in [-0.05, 0) is 54.0 Å². The number of rotatable bonds is 4. The third kappa shape index (κ3) is 3.37. The van der Waals surface area contributed by atoms with E-state index < -0.39 is 0 Å². The van der Waals surface area contributed by atoms with Crippen molar-refractivity contribution in [2.24, 2.45) is 0 Å². The molecule has 0 unspecified atom stereocenters. The zero-order valence-corrected chi connectivity index (χ0v) is 13.8. The molecule has 116 valence electrons. The minimum Gasteiger partial charge on any atom is -0.399 e. The van der Waals surface area contributed by atoms with Gasteiger partial charge in [0.05, 0.1) is 5.52 Å². The number of fused-ring (bicyclic) bond motifs is 2. The second-order valence-electron chi connectivity index (χ2n) is 5.38. The number of nitrogen functional groups attached to an aromatic ring is 1. The van der Waals surface area contributed by atoms with Crippen molar-refractivity contribution in [1.82, 2.24) is 4.98 Å². The Hall–Kier alpha value is -2.33. The lowest BCUT2D eigenvalue weighted by atomic mass is 10.1. The Balaban J connectivity index is 2.11. The molecule has 0 saturated carbocycles. The summed E-state index contributed by atoms with van der Waals surface area (Å²) in [5.41, 5.74) is 8.22. The number of benzene rings is 1. The van der Waals surface area contributed by atoms with E-state index in [-0.39, 0.29) is 5.43 Å². The third-order valence-electron chi connectivity index (χ3n) is 3.70. The van der Waals surface area contributed by atoms with Gasteiger partial charge >= 0.3 is 0 Å². The van der Waals surface area contributed by atoms with Gasteiger partial charge in [0.1, 0.15) is 0 Å². The summed E-state index contributed by atoms with van der Waals surface area (Å²) in [5, 5.41) is 4.25. The fraction of sp³-hybridized carbons (Fsp3) is 0.158. The predicted octanol–water partition coefficient (Wildman–Crippen LogP) is 4.14. The molecule has 3 nitrogen and oxygen atoms in total. The summed E-state index contributed by atoms with van der Waals surface area (Å²) in [7, 11) is 0. The first-order valence-corrected chi connectivity index (χ1v) is 8.58. The van der Waals surface area contributed by atoms with Gasteiger partial charge in [-0.25, -0.2) is 0 Å². The highest BCUT2D eigenvalue weighted by Gasteiger charge is 2.05. The van der Waals surface area contributed by atoms with Crippen LogP contribution in [0.15, 0.2) is 58.9 Å². The Morgan fingerprint density at radius 2 is 2.00 bits per heavy atom. The van der Waals surface area contributed by atoms with Gasteiger partial charge in [-0.2, -0.15) is 0 Å². The molecule has 0 atom stereocenters. The molecule has 0 aliphatic carbocycles. The molecule has 0 radical (unpaired) electrons. The average molecular weight is 322 g/mol. The fourth-order valence-electron chi connectivity index (χ4n) is 2.54. The van der Waals surface area contributed by atoms with E-state index in [0.717, 1.165) is 28.6 Å². The van der Waals surface area contributed by atoms with Crippen LogP contribution in [-0.4, -0.2) is 10.7 Å². The van der Waals surface area contributed by atoms with Gasteiger partial charge in [0.15, 0.2) is 5.43 Å². The number of allylic oxidation sites excluding steroid dienone is 1. The van der Waals surface area contributed by atoms with Crippen molar-refractivity contribution < 1.29 is 0 Å². The molecular weight excluding hydrogens is 304 g/mol. The predicted molar refractivity (Wildman–Crippen MR) is 101 cm³/mol. The standard InChI is InChI=1S/C19H18N2OS/c1-2-8-23-9-7-13-10-17-18(21-12-13)6-4-14-3-5-15(20)11-16(14)19(17)22/h2-6,8,10-12H,7,9,20H2,1H3/b8-2-. The number of hydrogen-bond donors (Lipinski definition) is 1. The SMILES string of the molecule is C/C=C\SCCc1cnc2ccc3ccc(N)cc3c(=O)c2c1. The number of aromatic nitrogens is 1. The lowest BCUT2D eigenvalue weighted by Gasteiger charge is -2.00. The molecular formula is C19H18N2OS. The zero-order valence-electron chi connectivity index (χ0n) is 13.0. The van der Waals surface area contributed by atoms with Gasteiger partial charge in [-0.3, -0.25) is 9.78 Å². The summed E-state index contributed by atoms with van der Waals surface area (Å²) in [6.45, 7) is 2.01. The Labute approximate surface area is 139 Å². The van der Waals surface area contributed by atoms with Gasteiger partial charge in [0, 0.05) is 28.4 Å². The molecule has 23 heavy (non-hydrogen) atoms. The number of nitrogens with zero attached hydrogens (tertiary/aromatic N) is 1. The Kier molecular flexibility index (Phi) is 4.63. The van der Waals surface area contributed by atoms with Crippen LogP contribution in [0.25, 0.3) is 21.7 Å². The van der Waals surface area contributed by atoms with Gasteiger partial charge in [0.2, 0.25) is 0 Å². The third-order valence-corrected chi connectivity index (χ3v) is 4.61. The molecule has 0 spiro atoms. The highest BCUT2D eigenvalue weighted by atomic mass is 32.2. The van der Waals surface area contributed by atoms with E-state index in [9.17, 15) is 4.79 Å². The van der Waals surface area contributed by atoms with Crippen LogP contribution in [0, 0.1) is 0 Å². The smallest absolute Gasteiger partial charge is 0.195 e. The zero-order chi connectivity index (χ0) is 16.2. The molecule has 0 aliphatic heterocycles. The number of hydrogen-bond acceptors (Lipinski definition) is 4. The van der Waals surface area contributed by atoms with E-state index in [0.29, 0.717) is 16.5 Å². The van der Waals surface area contributed by atoms with Crippen molar-refractivity contribution in [3.05, 3.63) is 69.9 Å². The number of thioether (sulfide) groups is 1. The molecule has 3 aromatic rings. The summed E-state index contributed by atoms with van der Waals surface area (Å²) >= 11 is 1.76.